The summed E-state index contributed by atoms with van der Waals surface area (Å²) in [6.45, 7) is 0.960. The van der Waals surface area contributed by atoms with E-state index in [1.807, 2.05) is 12.1 Å². The highest BCUT2D eigenvalue weighted by Gasteiger charge is 2.26. The molecule has 3 rings (SSSR count). The lowest BCUT2D eigenvalue weighted by Gasteiger charge is -2.22. The number of para-hydroxylation sites is 2. The molecule has 2 aliphatic heterocycles. The number of aliphatic imine (C=N–C) groups is 1. The summed E-state index contributed by atoms with van der Waals surface area (Å²) in [5, 5.41) is 6.78. The Kier molecular flexibility index (Phi) is 7.47. The first-order valence-corrected chi connectivity index (χ1v) is 9.67. The lowest BCUT2D eigenvalue weighted by molar-refractivity contribution is -0.0495. The lowest BCUT2D eigenvalue weighted by atomic mass is 10.1. The van der Waals surface area contributed by atoms with Gasteiger partial charge in [-0.25, -0.2) is 0 Å². The minimum atomic E-state index is -2.83. The standard InChI is InChI=1S/C20H28F2N4O2/c1-23-20(24-10-6-15-8-12-27-13-9-15)25-16-7-11-26(14-16)17-4-2-3-5-18(17)28-19(21)22/h2-5,8,16,19H,6-7,9-14H2,1H3,(H2,23,24,25). The molecule has 8 heteroatoms. The Morgan fingerprint density at radius 2 is 2.25 bits per heavy atom. The monoisotopic (exact) mass is 394 g/mol. The van der Waals surface area contributed by atoms with Crippen molar-refractivity contribution in [3.8, 4) is 5.75 Å². The van der Waals surface area contributed by atoms with E-state index in [0.717, 1.165) is 44.9 Å². The summed E-state index contributed by atoms with van der Waals surface area (Å²) in [6, 6.07) is 7.11. The van der Waals surface area contributed by atoms with Crippen LogP contribution in [0.3, 0.4) is 0 Å². The van der Waals surface area contributed by atoms with E-state index in [9.17, 15) is 8.78 Å². The number of alkyl halides is 2. The third-order valence-corrected chi connectivity index (χ3v) is 4.97. The van der Waals surface area contributed by atoms with Gasteiger partial charge in [0.25, 0.3) is 0 Å². The van der Waals surface area contributed by atoms with Gasteiger partial charge in [-0.05, 0) is 31.4 Å². The molecule has 1 aromatic carbocycles. The Bertz CT molecular complexity index is 697. The summed E-state index contributed by atoms with van der Waals surface area (Å²) >= 11 is 0. The van der Waals surface area contributed by atoms with Crippen LogP contribution in [0.25, 0.3) is 0 Å². The summed E-state index contributed by atoms with van der Waals surface area (Å²) in [6.07, 6.45) is 5.01. The molecule has 0 amide bonds. The van der Waals surface area contributed by atoms with E-state index in [-0.39, 0.29) is 11.8 Å². The first kappa shape index (κ1) is 20.4. The van der Waals surface area contributed by atoms with E-state index in [2.05, 4.69) is 31.3 Å². The van der Waals surface area contributed by atoms with E-state index in [1.165, 1.54) is 5.57 Å². The molecule has 1 fully saturated rings. The van der Waals surface area contributed by atoms with Crippen molar-refractivity contribution in [2.75, 3.05) is 44.8 Å². The van der Waals surface area contributed by atoms with Crippen molar-refractivity contribution in [2.24, 2.45) is 4.99 Å². The van der Waals surface area contributed by atoms with Gasteiger partial charge >= 0.3 is 6.61 Å². The van der Waals surface area contributed by atoms with Gasteiger partial charge in [0.05, 0.1) is 18.9 Å². The Morgan fingerprint density at radius 3 is 3.00 bits per heavy atom. The van der Waals surface area contributed by atoms with Crippen LogP contribution in [0, 0.1) is 0 Å². The second kappa shape index (κ2) is 10.3. The zero-order valence-corrected chi connectivity index (χ0v) is 16.2. The fourth-order valence-corrected chi connectivity index (χ4v) is 3.53. The number of anilines is 1. The molecule has 1 atom stereocenters. The summed E-state index contributed by atoms with van der Waals surface area (Å²) in [4.78, 5) is 6.36. The van der Waals surface area contributed by atoms with Crippen LogP contribution in [0.5, 0.6) is 5.75 Å². The number of nitrogens with zero attached hydrogens (tertiary/aromatic N) is 2. The van der Waals surface area contributed by atoms with Gasteiger partial charge in [-0.2, -0.15) is 8.78 Å². The molecule has 0 saturated carbocycles. The number of hydrogen-bond acceptors (Lipinski definition) is 4. The maximum atomic E-state index is 12.6. The van der Waals surface area contributed by atoms with Crippen molar-refractivity contribution in [2.45, 2.75) is 31.9 Å². The molecule has 154 valence electrons. The van der Waals surface area contributed by atoms with Gasteiger partial charge in [-0.3, -0.25) is 4.99 Å². The molecule has 1 saturated heterocycles. The van der Waals surface area contributed by atoms with Crippen LogP contribution >= 0.6 is 0 Å². The minimum absolute atomic E-state index is 0.188. The van der Waals surface area contributed by atoms with Crippen LogP contribution in [0.2, 0.25) is 0 Å². The molecule has 0 aliphatic carbocycles. The summed E-state index contributed by atoms with van der Waals surface area (Å²) in [5.74, 6) is 0.974. The quantitative estimate of drug-likeness (QED) is 0.423. The van der Waals surface area contributed by atoms with E-state index in [1.54, 1.807) is 19.2 Å². The predicted octanol–water partition coefficient (Wildman–Crippen LogP) is 2.77. The molecular weight excluding hydrogens is 366 g/mol. The van der Waals surface area contributed by atoms with Crippen LogP contribution in [0.1, 0.15) is 19.3 Å². The Labute approximate surface area is 164 Å². The second-order valence-electron chi connectivity index (χ2n) is 6.86. The molecule has 2 aliphatic rings. The van der Waals surface area contributed by atoms with Crippen LogP contribution < -0.4 is 20.3 Å². The topological polar surface area (TPSA) is 58.1 Å². The number of hydrogen-bond donors (Lipinski definition) is 2. The third kappa shape index (κ3) is 5.82. The average Bonchev–Trinajstić information content (AvgIpc) is 3.16. The Morgan fingerprint density at radius 1 is 1.39 bits per heavy atom. The SMILES string of the molecule is CN=C(NCCC1=CCOCC1)NC1CCN(c2ccccc2OC(F)F)C1. The smallest absolute Gasteiger partial charge is 0.387 e. The van der Waals surface area contributed by atoms with E-state index < -0.39 is 6.61 Å². The highest BCUT2D eigenvalue weighted by Crippen LogP contribution is 2.31. The first-order chi connectivity index (χ1) is 13.7. The van der Waals surface area contributed by atoms with Gasteiger partial charge < -0.3 is 25.0 Å². The molecule has 1 aromatic rings. The van der Waals surface area contributed by atoms with Crippen LogP contribution in [-0.2, 0) is 4.74 Å². The molecule has 1 unspecified atom stereocenters. The maximum Gasteiger partial charge on any atom is 0.387 e. The van der Waals surface area contributed by atoms with Gasteiger partial charge in [-0.15, -0.1) is 0 Å². The fourth-order valence-electron chi connectivity index (χ4n) is 3.53. The molecule has 0 aromatic heterocycles. The average molecular weight is 394 g/mol. The number of guanidine groups is 1. The van der Waals surface area contributed by atoms with Gasteiger partial charge in [0.1, 0.15) is 5.75 Å². The lowest BCUT2D eigenvalue weighted by Crippen LogP contribution is -2.45. The van der Waals surface area contributed by atoms with E-state index in [4.69, 9.17) is 4.74 Å². The molecule has 2 heterocycles. The number of nitrogens with one attached hydrogen (secondary N) is 2. The molecule has 0 bridgehead atoms. The van der Waals surface area contributed by atoms with Gasteiger partial charge in [0.15, 0.2) is 5.96 Å². The Balaban J connectivity index is 1.49. The third-order valence-electron chi connectivity index (χ3n) is 4.97. The van der Waals surface area contributed by atoms with Crippen molar-refractivity contribution < 1.29 is 18.3 Å². The molecule has 0 spiro atoms. The summed E-state index contributed by atoms with van der Waals surface area (Å²) < 4.78 is 35.3. The number of halogens is 2. The summed E-state index contributed by atoms with van der Waals surface area (Å²) in [5.41, 5.74) is 2.11. The van der Waals surface area contributed by atoms with Gasteiger partial charge in [-0.1, -0.05) is 23.8 Å². The highest BCUT2D eigenvalue weighted by molar-refractivity contribution is 5.80. The zero-order chi connectivity index (χ0) is 19.8. The van der Waals surface area contributed by atoms with Crippen molar-refractivity contribution in [3.05, 3.63) is 35.9 Å². The highest BCUT2D eigenvalue weighted by atomic mass is 19.3. The van der Waals surface area contributed by atoms with Gasteiger partial charge in [0, 0.05) is 32.7 Å². The molecule has 28 heavy (non-hydrogen) atoms. The molecule has 0 radical (unpaired) electrons. The van der Waals surface area contributed by atoms with Crippen molar-refractivity contribution in [3.63, 3.8) is 0 Å². The predicted molar refractivity (Wildman–Crippen MR) is 106 cm³/mol. The van der Waals surface area contributed by atoms with Crippen LogP contribution in [0.4, 0.5) is 14.5 Å². The number of ether oxygens (including phenoxy) is 2. The Hall–Kier alpha value is -2.35. The largest absolute Gasteiger partial charge is 0.433 e. The first-order valence-electron chi connectivity index (χ1n) is 9.67. The summed E-state index contributed by atoms with van der Waals surface area (Å²) in [7, 11) is 1.75. The molecule has 6 nitrogen and oxygen atoms in total. The number of rotatable bonds is 7. The van der Waals surface area contributed by atoms with Crippen LogP contribution in [0.15, 0.2) is 40.9 Å². The van der Waals surface area contributed by atoms with E-state index in [0.29, 0.717) is 18.8 Å². The van der Waals surface area contributed by atoms with Crippen LogP contribution in [-0.4, -0.2) is 58.5 Å². The normalized spacial score (nSPS) is 20.3. The van der Waals surface area contributed by atoms with E-state index >= 15 is 0 Å². The molecule has 2 N–H and O–H groups in total. The maximum absolute atomic E-state index is 12.6. The number of benzene rings is 1. The van der Waals surface area contributed by atoms with Crippen molar-refractivity contribution in [1.29, 1.82) is 0 Å². The van der Waals surface area contributed by atoms with Gasteiger partial charge in [0.2, 0.25) is 0 Å². The minimum Gasteiger partial charge on any atom is -0.433 e. The molecular formula is C20H28F2N4O2. The fraction of sp³-hybridized carbons (Fsp3) is 0.550. The van der Waals surface area contributed by atoms with Crippen molar-refractivity contribution >= 4 is 11.6 Å². The second-order valence-corrected chi connectivity index (χ2v) is 6.86. The van der Waals surface area contributed by atoms with Crippen molar-refractivity contribution in [1.82, 2.24) is 10.6 Å². The zero-order valence-electron chi connectivity index (χ0n) is 16.2.